The van der Waals surface area contributed by atoms with Crippen LogP contribution in [0.2, 0.25) is 0 Å². The van der Waals surface area contributed by atoms with Gasteiger partial charge in [-0.2, -0.15) is 0 Å². The number of sulfonamides is 1. The Labute approximate surface area is 222 Å². The minimum atomic E-state index is -3.88. The van der Waals surface area contributed by atoms with E-state index >= 15 is 0 Å². The van der Waals surface area contributed by atoms with Gasteiger partial charge in [0.25, 0.3) is 5.91 Å². The molecule has 0 saturated carbocycles. The Hall–Kier alpha value is -3.06. The van der Waals surface area contributed by atoms with Crippen LogP contribution in [-0.4, -0.2) is 73.9 Å². The quantitative estimate of drug-likeness (QED) is 0.351. The van der Waals surface area contributed by atoms with Gasteiger partial charge in [-0.15, -0.1) is 11.3 Å². The summed E-state index contributed by atoms with van der Waals surface area (Å²) in [5, 5.41) is 10.8. The number of nitrogens with one attached hydrogen (secondary N) is 1. The molecule has 12 heteroatoms. The maximum Gasteiger partial charge on any atom is 0.272 e. The number of carbonyl (C=O) groups excluding carboxylic acids is 1. The monoisotopic (exact) mass is 546 g/mol. The fraction of sp³-hybridized carbons (Fsp3) is 0.400. The van der Waals surface area contributed by atoms with Gasteiger partial charge in [-0.05, 0) is 64.7 Å². The molecule has 3 rings (SSSR count). The van der Waals surface area contributed by atoms with E-state index in [1.807, 2.05) is 56.1 Å². The Morgan fingerprint density at radius 3 is 2.51 bits per heavy atom. The number of aromatic nitrogens is 2. The second kappa shape index (κ2) is 12.5. The van der Waals surface area contributed by atoms with E-state index in [2.05, 4.69) is 15.3 Å². The molecule has 1 amide bonds. The highest BCUT2D eigenvalue weighted by Gasteiger charge is 2.18. The Bertz CT molecular complexity index is 1310. The number of nitrogens with two attached hydrogens (primary N) is 1. The predicted octanol–water partition coefficient (Wildman–Crippen LogP) is 3.80. The van der Waals surface area contributed by atoms with Crippen LogP contribution >= 0.6 is 11.3 Å². The number of thiazole rings is 1. The number of hydrogen-bond acceptors (Lipinski definition) is 9. The highest BCUT2D eigenvalue weighted by Crippen LogP contribution is 2.33. The molecule has 0 fully saturated rings. The summed E-state index contributed by atoms with van der Waals surface area (Å²) >= 11 is 1.35. The Kier molecular flexibility index (Phi) is 9.60. The second-order valence-electron chi connectivity index (χ2n) is 9.06. The van der Waals surface area contributed by atoms with Crippen LogP contribution in [0.25, 0.3) is 11.3 Å². The summed E-state index contributed by atoms with van der Waals surface area (Å²) in [4.78, 5) is 25.8. The molecule has 1 aromatic carbocycles. The first kappa shape index (κ1) is 28.5. The number of hydrogen-bond donors (Lipinski definition) is 2. The molecule has 2 heterocycles. The zero-order valence-corrected chi connectivity index (χ0v) is 23.4. The third-order valence-corrected chi connectivity index (χ3v) is 6.93. The van der Waals surface area contributed by atoms with Crippen molar-refractivity contribution in [3.63, 3.8) is 0 Å². The van der Waals surface area contributed by atoms with E-state index in [1.165, 1.54) is 23.5 Å². The number of pyridine rings is 1. The van der Waals surface area contributed by atoms with Crippen molar-refractivity contribution in [2.45, 2.75) is 38.2 Å². The molecule has 0 radical (unpaired) electrons. The lowest BCUT2D eigenvalue weighted by Gasteiger charge is -2.23. The molecule has 0 saturated heterocycles. The maximum absolute atomic E-state index is 13.0. The van der Waals surface area contributed by atoms with E-state index in [-0.39, 0.29) is 16.9 Å². The molecular weight excluding hydrogens is 512 g/mol. The summed E-state index contributed by atoms with van der Waals surface area (Å²) in [6, 6.07) is 7.93. The molecule has 200 valence electrons. The minimum Gasteiger partial charge on any atom is -0.489 e. The van der Waals surface area contributed by atoms with E-state index in [0.29, 0.717) is 41.0 Å². The predicted molar refractivity (Wildman–Crippen MR) is 147 cm³/mol. The minimum absolute atomic E-state index is 0.0324. The second-order valence-corrected chi connectivity index (χ2v) is 11.5. The van der Waals surface area contributed by atoms with Gasteiger partial charge < -0.3 is 19.9 Å². The molecule has 0 unspecified atom stereocenters. The van der Waals surface area contributed by atoms with Crippen molar-refractivity contribution in [2.24, 2.45) is 5.14 Å². The molecule has 3 N–H and O–H groups in total. The van der Waals surface area contributed by atoms with Gasteiger partial charge in [0.2, 0.25) is 10.0 Å². The number of primary sulfonamides is 1. The van der Waals surface area contributed by atoms with Crippen LogP contribution in [0, 0.1) is 0 Å². The Balaban J connectivity index is 1.79. The number of anilines is 2. The molecule has 0 aliphatic heterocycles. The first-order chi connectivity index (χ1) is 17.5. The number of rotatable bonds is 12. The fourth-order valence-corrected chi connectivity index (χ4v) is 4.73. The summed E-state index contributed by atoms with van der Waals surface area (Å²) in [7, 11) is 0.0755. The number of benzene rings is 1. The van der Waals surface area contributed by atoms with Crippen LogP contribution in [-0.2, 0) is 10.0 Å². The molecule has 0 bridgehead atoms. The van der Waals surface area contributed by atoms with Gasteiger partial charge in [-0.1, -0.05) is 6.92 Å². The lowest BCUT2D eigenvalue weighted by Crippen LogP contribution is -2.37. The Morgan fingerprint density at radius 2 is 1.92 bits per heavy atom. The SMILES string of the molecule is CCCN(CCN(C)C)C(=O)c1ccc(-c2csc(Nc3cc(S(N)(=O)=O)ccc3OC(C)C)n2)cn1. The number of likely N-dealkylation sites (N-methyl/N-ethyl adjacent to an activating group) is 1. The van der Waals surface area contributed by atoms with Crippen LogP contribution in [0.15, 0.2) is 46.8 Å². The van der Waals surface area contributed by atoms with Gasteiger partial charge in [0.1, 0.15) is 11.4 Å². The summed E-state index contributed by atoms with van der Waals surface area (Å²) < 4.78 is 29.5. The largest absolute Gasteiger partial charge is 0.489 e. The highest BCUT2D eigenvalue weighted by molar-refractivity contribution is 7.89. The van der Waals surface area contributed by atoms with E-state index in [4.69, 9.17) is 9.88 Å². The zero-order chi connectivity index (χ0) is 27.2. The number of amides is 1. The topological polar surface area (TPSA) is 131 Å². The van der Waals surface area contributed by atoms with Gasteiger partial charge >= 0.3 is 0 Å². The Morgan fingerprint density at radius 1 is 1.16 bits per heavy atom. The molecule has 0 atom stereocenters. The summed E-state index contributed by atoms with van der Waals surface area (Å²) in [5.74, 6) is 0.387. The molecule has 0 aliphatic carbocycles. The zero-order valence-electron chi connectivity index (χ0n) is 21.8. The van der Waals surface area contributed by atoms with Crippen LogP contribution in [0.5, 0.6) is 5.75 Å². The van der Waals surface area contributed by atoms with Gasteiger partial charge in [-0.25, -0.2) is 18.5 Å². The van der Waals surface area contributed by atoms with Crippen molar-refractivity contribution in [3.8, 4) is 17.0 Å². The van der Waals surface area contributed by atoms with Gasteiger partial charge in [0.15, 0.2) is 5.13 Å². The first-order valence-corrected chi connectivity index (χ1v) is 14.4. The first-order valence-electron chi connectivity index (χ1n) is 11.9. The van der Waals surface area contributed by atoms with Crippen molar-refractivity contribution in [1.82, 2.24) is 19.8 Å². The smallest absolute Gasteiger partial charge is 0.272 e. The van der Waals surface area contributed by atoms with Crippen molar-refractivity contribution >= 4 is 38.1 Å². The van der Waals surface area contributed by atoms with Gasteiger partial charge in [0.05, 0.1) is 22.4 Å². The molecule has 10 nitrogen and oxygen atoms in total. The van der Waals surface area contributed by atoms with Crippen LogP contribution in [0.4, 0.5) is 10.8 Å². The number of nitrogens with zero attached hydrogens (tertiary/aromatic N) is 4. The average Bonchev–Trinajstić information content (AvgIpc) is 3.30. The van der Waals surface area contributed by atoms with Crippen LogP contribution in [0.1, 0.15) is 37.7 Å². The third-order valence-electron chi connectivity index (χ3n) is 5.26. The maximum atomic E-state index is 13.0. The average molecular weight is 547 g/mol. The van der Waals surface area contributed by atoms with Gasteiger partial charge in [-0.3, -0.25) is 9.78 Å². The van der Waals surface area contributed by atoms with Gasteiger partial charge in [0, 0.05) is 36.8 Å². The molecule has 2 aromatic heterocycles. The molecular formula is C25H34N6O4S2. The number of carbonyl (C=O) groups is 1. The van der Waals surface area contributed by atoms with Crippen molar-refractivity contribution in [2.75, 3.05) is 39.0 Å². The number of ether oxygens (including phenoxy) is 1. The van der Waals surface area contributed by atoms with E-state index < -0.39 is 10.0 Å². The standard InChI is InChI=1S/C25H34N6O4S2/c1-6-11-31(13-12-30(4)5)24(32)20-9-7-18(15-27-20)22-16-36-25(29-22)28-21-14-19(37(26,33)34)8-10-23(21)35-17(2)3/h7-10,14-17H,6,11-13H2,1-5H3,(H,28,29)(H2,26,33,34). The molecule has 37 heavy (non-hydrogen) atoms. The van der Waals surface area contributed by atoms with Crippen molar-refractivity contribution in [3.05, 3.63) is 47.6 Å². The fourth-order valence-electron chi connectivity index (χ4n) is 3.46. The third kappa shape index (κ3) is 7.96. The van der Waals surface area contributed by atoms with E-state index in [9.17, 15) is 13.2 Å². The van der Waals surface area contributed by atoms with Crippen LogP contribution in [0.3, 0.4) is 0 Å². The van der Waals surface area contributed by atoms with Crippen molar-refractivity contribution < 1.29 is 17.9 Å². The molecule has 0 spiro atoms. The normalized spacial score (nSPS) is 11.7. The van der Waals surface area contributed by atoms with Crippen molar-refractivity contribution in [1.29, 1.82) is 0 Å². The van der Waals surface area contributed by atoms with Crippen LogP contribution < -0.4 is 15.2 Å². The summed E-state index contributed by atoms with van der Waals surface area (Å²) in [5.41, 5.74) is 2.26. The van der Waals surface area contributed by atoms with E-state index in [1.54, 1.807) is 18.3 Å². The molecule has 0 aliphatic rings. The lowest BCUT2D eigenvalue weighted by atomic mass is 10.2. The summed E-state index contributed by atoms with van der Waals surface area (Å²) in [6.45, 7) is 7.89. The highest BCUT2D eigenvalue weighted by atomic mass is 32.2. The van der Waals surface area contributed by atoms with E-state index in [0.717, 1.165) is 18.5 Å². The summed E-state index contributed by atoms with van der Waals surface area (Å²) in [6.07, 6.45) is 2.39. The molecule has 3 aromatic rings. The lowest BCUT2D eigenvalue weighted by molar-refractivity contribution is 0.0739.